The average molecular weight is 289 g/mol. The lowest BCUT2D eigenvalue weighted by Crippen LogP contribution is -1.97. The van der Waals surface area contributed by atoms with E-state index in [0.29, 0.717) is 24.0 Å². The average Bonchev–Trinajstić information content (AvgIpc) is 2.53. The lowest BCUT2D eigenvalue weighted by Gasteiger charge is -2.09. The molecule has 0 radical (unpaired) electrons. The van der Waals surface area contributed by atoms with Crippen molar-refractivity contribution >= 4 is 16.7 Å². The largest absolute Gasteiger partial charge is 0.397 e. The Hall–Kier alpha value is -3.00. The highest BCUT2D eigenvalue weighted by molar-refractivity contribution is 5.89. The zero-order valence-electron chi connectivity index (χ0n) is 12.2. The van der Waals surface area contributed by atoms with Gasteiger partial charge in [-0.15, -0.1) is 0 Å². The van der Waals surface area contributed by atoms with Crippen LogP contribution in [-0.2, 0) is 6.42 Å². The third-order valence-corrected chi connectivity index (χ3v) is 3.57. The fourth-order valence-corrected chi connectivity index (χ4v) is 2.39. The van der Waals surface area contributed by atoms with Gasteiger partial charge in [0.25, 0.3) is 0 Å². The summed E-state index contributed by atoms with van der Waals surface area (Å²) in [5, 5.41) is 8.70. The first-order valence-electron chi connectivity index (χ1n) is 7.02. The number of nitriles is 1. The van der Waals surface area contributed by atoms with E-state index in [-0.39, 0.29) is 0 Å². The smallest absolute Gasteiger partial charge is 0.112 e. The van der Waals surface area contributed by atoms with E-state index in [9.17, 15) is 0 Å². The maximum absolute atomic E-state index is 8.70. The zero-order chi connectivity index (χ0) is 15.5. The molecule has 0 aliphatic carbocycles. The van der Waals surface area contributed by atoms with E-state index in [4.69, 9.17) is 11.0 Å². The predicted molar refractivity (Wildman–Crippen MR) is 85.9 cm³/mol. The Labute approximate surface area is 128 Å². The topological polar surface area (TPSA) is 88.5 Å². The van der Waals surface area contributed by atoms with E-state index < -0.39 is 0 Å². The Morgan fingerprint density at radius 3 is 2.91 bits per heavy atom. The molecule has 108 valence electrons. The lowest BCUT2D eigenvalue weighted by atomic mass is 10.1. The molecule has 0 saturated heterocycles. The molecule has 0 bridgehead atoms. The van der Waals surface area contributed by atoms with Gasteiger partial charge in [-0.3, -0.25) is 9.97 Å². The number of hydrogen-bond acceptors (Lipinski definition) is 5. The van der Waals surface area contributed by atoms with Gasteiger partial charge in [-0.05, 0) is 42.7 Å². The number of fused-ring (bicyclic) bond motifs is 1. The highest BCUT2D eigenvalue weighted by atomic mass is 14.8. The number of rotatable bonds is 3. The lowest BCUT2D eigenvalue weighted by molar-refractivity contribution is 1.00. The SMILES string of the molecule is Cc1ccncc1-c1cc(N)c2ncc(CCC#N)cc2n1. The van der Waals surface area contributed by atoms with Gasteiger partial charge in [0, 0.05) is 30.6 Å². The molecule has 0 unspecified atom stereocenters. The van der Waals surface area contributed by atoms with E-state index >= 15 is 0 Å². The highest BCUT2D eigenvalue weighted by Crippen LogP contribution is 2.27. The Bertz CT molecular complexity index is 880. The standard InChI is InChI=1S/C17H15N5/c1-11-4-6-20-10-13(11)15-8-14(19)17-16(22-15)7-12(9-21-17)3-2-5-18/h4,6-10H,2-3H2,1H3,(H2,19,22). The molecule has 3 rings (SSSR count). The Morgan fingerprint density at radius 1 is 1.27 bits per heavy atom. The van der Waals surface area contributed by atoms with E-state index in [1.54, 1.807) is 18.6 Å². The van der Waals surface area contributed by atoms with Crippen LogP contribution in [0.15, 0.2) is 36.8 Å². The van der Waals surface area contributed by atoms with Crippen molar-refractivity contribution in [2.45, 2.75) is 19.8 Å². The number of nitrogens with two attached hydrogens (primary N) is 1. The van der Waals surface area contributed by atoms with Crippen LogP contribution < -0.4 is 5.73 Å². The summed E-state index contributed by atoms with van der Waals surface area (Å²) in [6, 6.07) is 7.86. The molecule has 0 amide bonds. The number of aryl methyl sites for hydroxylation is 2. The Balaban J connectivity index is 2.14. The van der Waals surface area contributed by atoms with Gasteiger partial charge < -0.3 is 5.73 Å². The molecule has 0 saturated carbocycles. The van der Waals surface area contributed by atoms with Crippen LogP contribution in [0, 0.1) is 18.3 Å². The van der Waals surface area contributed by atoms with Crippen molar-refractivity contribution in [3.05, 3.63) is 47.9 Å². The third-order valence-electron chi connectivity index (χ3n) is 3.57. The first-order valence-corrected chi connectivity index (χ1v) is 7.02. The van der Waals surface area contributed by atoms with Crippen LogP contribution in [0.4, 0.5) is 5.69 Å². The maximum Gasteiger partial charge on any atom is 0.112 e. The molecule has 0 aromatic carbocycles. The summed E-state index contributed by atoms with van der Waals surface area (Å²) < 4.78 is 0. The van der Waals surface area contributed by atoms with Crippen LogP contribution in [0.3, 0.4) is 0 Å². The number of nitrogen functional groups attached to an aromatic ring is 1. The van der Waals surface area contributed by atoms with Crippen LogP contribution in [0.5, 0.6) is 0 Å². The minimum Gasteiger partial charge on any atom is -0.397 e. The molecule has 22 heavy (non-hydrogen) atoms. The second-order valence-corrected chi connectivity index (χ2v) is 5.16. The molecule has 3 aromatic rings. The van der Waals surface area contributed by atoms with Crippen molar-refractivity contribution in [3.8, 4) is 17.3 Å². The first kappa shape index (κ1) is 14.0. The molecule has 3 heterocycles. The van der Waals surface area contributed by atoms with Gasteiger partial charge in [0.15, 0.2) is 0 Å². The first-order chi connectivity index (χ1) is 10.7. The quantitative estimate of drug-likeness (QED) is 0.800. The second kappa shape index (κ2) is 5.78. The number of hydrogen-bond donors (Lipinski definition) is 1. The molecule has 5 nitrogen and oxygen atoms in total. The van der Waals surface area contributed by atoms with Crippen LogP contribution >= 0.6 is 0 Å². The second-order valence-electron chi connectivity index (χ2n) is 5.16. The molecule has 0 fully saturated rings. The van der Waals surface area contributed by atoms with Crippen molar-refractivity contribution in [1.29, 1.82) is 5.26 Å². The monoisotopic (exact) mass is 289 g/mol. The van der Waals surface area contributed by atoms with Crippen molar-refractivity contribution < 1.29 is 0 Å². The molecule has 0 atom stereocenters. The molecule has 0 aliphatic rings. The van der Waals surface area contributed by atoms with Crippen LogP contribution in [0.25, 0.3) is 22.3 Å². The van der Waals surface area contributed by atoms with Gasteiger partial charge in [-0.1, -0.05) is 0 Å². The molecule has 5 heteroatoms. The van der Waals surface area contributed by atoms with Gasteiger partial charge in [-0.25, -0.2) is 4.98 Å². The number of anilines is 1. The molecule has 0 aliphatic heterocycles. The minimum atomic E-state index is 0.462. The van der Waals surface area contributed by atoms with E-state index in [0.717, 1.165) is 27.9 Å². The summed E-state index contributed by atoms with van der Waals surface area (Å²) in [5.41, 5.74) is 12.0. The van der Waals surface area contributed by atoms with Gasteiger partial charge >= 0.3 is 0 Å². The summed E-state index contributed by atoms with van der Waals surface area (Å²) in [6.45, 7) is 2.01. The predicted octanol–water partition coefficient (Wildman–Crippen LogP) is 3.04. The molecular weight excluding hydrogens is 274 g/mol. The summed E-state index contributed by atoms with van der Waals surface area (Å²) in [4.78, 5) is 13.2. The Morgan fingerprint density at radius 2 is 2.14 bits per heavy atom. The van der Waals surface area contributed by atoms with Gasteiger partial charge in [0.2, 0.25) is 0 Å². The normalized spacial score (nSPS) is 10.5. The van der Waals surface area contributed by atoms with Crippen LogP contribution in [0.2, 0.25) is 0 Å². The maximum atomic E-state index is 8.70. The van der Waals surface area contributed by atoms with Gasteiger partial charge in [0.05, 0.1) is 23.0 Å². The number of nitrogens with zero attached hydrogens (tertiary/aromatic N) is 4. The minimum absolute atomic E-state index is 0.462. The highest BCUT2D eigenvalue weighted by Gasteiger charge is 2.09. The number of pyridine rings is 3. The molecule has 3 aromatic heterocycles. The van der Waals surface area contributed by atoms with Gasteiger partial charge in [-0.2, -0.15) is 5.26 Å². The van der Waals surface area contributed by atoms with E-state index in [1.807, 2.05) is 25.1 Å². The zero-order valence-corrected chi connectivity index (χ0v) is 12.2. The van der Waals surface area contributed by atoms with Crippen molar-refractivity contribution in [3.63, 3.8) is 0 Å². The van der Waals surface area contributed by atoms with Crippen LogP contribution in [0.1, 0.15) is 17.5 Å². The summed E-state index contributed by atoms with van der Waals surface area (Å²) in [6.07, 6.45) is 6.43. The third kappa shape index (κ3) is 2.59. The number of aromatic nitrogens is 3. The van der Waals surface area contributed by atoms with Crippen molar-refractivity contribution in [2.75, 3.05) is 5.73 Å². The van der Waals surface area contributed by atoms with Gasteiger partial charge in [0.1, 0.15) is 5.52 Å². The van der Waals surface area contributed by atoms with Crippen LogP contribution in [-0.4, -0.2) is 15.0 Å². The fourth-order valence-electron chi connectivity index (χ4n) is 2.39. The summed E-state index contributed by atoms with van der Waals surface area (Å²) >= 11 is 0. The fraction of sp³-hybridized carbons (Fsp3) is 0.176. The molecular formula is C17H15N5. The van der Waals surface area contributed by atoms with E-state index in [1.165, 1.54) is 0 Å². The van der Waals surface area contributed by atoms with Crippen molar-refractivity contribution in [2.24, 2.45) is 0 Å². The molecule has 2 N–H and O–H groups in total. The summed E-state index contributed by atoms with van der Waals surface area (Å²) in [5.74, 6) is 0. The van der Waals surface area contributed by atoms with Crippen molar-refractivity contribution in [1.82, 2.24) is 15.0 Å². The van der Waals surface area contributed by atoms with E-state index in [2.05, 4.69) is 21.0 Å². The molecule has 0 spiro atoms. The Kier molecular flexibility index (Phi) is 3.67. The summed E-state index contributed by atoms with van der Waals surface area (Å²) in [7, 11) is 0.